The molecule has 178 valence electrons. The molecule has 0 saturated heterocycles. The van der Waals surface area contributed by atoms with E-state index in [1.807, 2.05) is 19.2 Å². The Bertz CT molecular complexity index is 552. The van der Waals surface area contributed by atoms with Crippen LogP contribution >= 0.6 is 0 Å². The minimum atomic E-state index is -0.163. The van der Waals surface area contributed by atoms with Crippen molar-refractivity contribution in [2.75, 3.05) is 47.2 Å². The van der Waals surface area contributed by atoms with Crippen molar-refractivity contribution in [3.8, 4) is 5.75 Å². The fourth-order valence-corrected chi connectivity index (χ4v) is 2.89. The molecule has 1 rings (SSSR count). The Kier molecular flexibility index (Phi) is 16.8. The van der Waals surface area contributed by atoms with E-state index in [1.54, 1.807) is 0 Å². The molecular formula is C24H41NO6. The summed E-state index contributed by atoms with van der Waals surface area (Å²) in [6.07, 6.45) is 7.41. The standard InChI is InChI=1S/C24H41NO6/c1-21(25-2)22-12-14-23(15-13-22)29-17-9-5-4-8-16-28-19-20-31-30-18-10-6-7-11-24(26)27-3/h12-15,21,25H,4-11,16-20H2,1-3H3. The molecule has 0 radical (unpaired) electrons. The van der Waals surface area contributed by atoms with Crippen LogP contribution in [0.5, 0.6) is 5.75 Å². The van der Waals surface area contributed by atoms with Crippen LogP contribution in [0, 0.1) is 0 Å². The van der Waals surface area contributed by atoms with E-state index in [0.29, 0.717) is 32.3 Å². The first-order valence-electron chi connectivity index (χ1n) is 11.5. The molecule has 0 spiro atoms. The smallest absolute Gasteiger partial charge is 0.305 e. The highest BCUT2D eigenvalue weighted by Crippen LogP contribution is 2.17. The Labute approximate surface area is 187 Å². The Morgan fingerprint density at radius 1 is 0.839 bits per heavy atom. The minimum absolute atomic E-state index is 0.163. The van der Waals surface area contributed by atoms with Crippen molar-refractivity contribution in [2.45, 2.75) is 64.3 Å². The highest BCUT2D eigenvalue weighted by molar-refractivity contribution is 5.68. The summed E-state index contributed by atoms with van der Waals surface area (Å²) in [7, 11) is 3.37. The van der Waals surface area contributed by atoms with Crippen LogP contribution in [-0.4, -0.2) is 53.2 Å². The quantitative estimate of drug-likeness (QED) is 0.138. The first-order valence-corrected chi connectivity index (χ1v) is 11.5. The average Bonchev–Trinajstić information content (AvgIpc) is 2.80. The number of esters is 1. The van der Waals surface area contributed by atoms with Crippen LogP contribution in [0.4, 0.5) is 0 Å². The lowest BCUT2D eigenvalue weighted by atomic mass is 10.1. The molecule has 0 aliphatic heterocycles. The van der Waals surface area contributed by atoms with E-state index < -0.39 is 0 Å². The summed E-state index contributed by atoms with van der Waals surface area (Å²) in [5.41, 5.74) is 1.26. The van der Waals surface area contributed by atoms with Crippen molar-refractivity contribution in [3.05, 3.63) is 29.8 Å². The van der Waals surface area contributed by atoms with Gasteiger partial charge in [0.15, 0.2) is 0 Å². The lowest BCUT2D eigenvalue weighted by molar-refractivity contribution is -0.299. The summed E-state index contributed by atoms with van der Waals surface area (Å²) in [6.45, 7) is 5.12. The van der Waals surface area contributed by atoms with Crippen LogP contribution in [0.25, 0.3) is 0 Å². The third-order valence-electron chi connectivity index (χ3n) is 5.00. The molecule has 0 saturated carbocycles. The Hall–Kier alpha value is -1.67. The monoisotopic (exact) mass is 439 g/mol. The van der Waals surface area contributed by atoms with Gasteiger partial charge in [0.25, 0.3) is 0 Å². The normalized spacial score (nSPS) is 12.0. The number of unbranched alkanes of at least 4 members (excludes halogenated alkanes) is 5. The highest BCUT2D eigenvalue weighted by atomic mass is 17.2. The molecule has 0 aliphatic carbocycles. The summed E-state index contributed by atoms with van der Waals surface area (Å²) in [5, 5.41) is 3.23. The van der Waals surface area contributed by atoms with Gasteiger partial charge in [-0.3, -0.25) is 4.79 Å². The minimum Gasteiger partial charge on any atom is -0.494 e. The van der Waals surface area contributed by atoms with Gasteiger partial charge in [0.1, 0.15) is 12.4 Å². The molecule has 7 nitrogen and oxygen atoms in total. The molecule has 0 bridgehead atoms. The van der Waals surface area contributed by atoms with Crippen molar-refractivity contribution >= 4 is 5.97 Å². The summed E-state index contributed by atoms with van der Waals surface area (Å²) < 4.78 is 15.9. The predicted molar refractivity (Wildman–Crippen MR) is 121 cm³/mol. The fraction of sp³-hybridized carbons (Fsp3) is 0.708. The molecule has 1 unspecified atom stereocenters. The predicted octanol–water partition coefficient (Wildman–Crippen LogP) is 4.60. The third-order valence-corrected chi connectivity index (χ3v) is 5.00. The Morgan fingerprint density at radius 2 is 1.48 bits per heavy atom. The number of ether oxygens (including phenoxy) is 3. The van der Waals surface area contributed by atoms with E-state index in [2.05, 4.69) is 29.1 Å². The zero-order chi connectivity index (χ0) is 22.6. The second-order valence-electron chi connectivity index (χ2n) is 7.49. The van der Waals surface area contributed by atoms with E-state index in [1.165, 1.54) is 12.7 Å². The maximum Gasteiger partial charge on any atom is 0.305 e. The second kappa shape index (κ2) is 19.0. The molecule has 1 atom stereocenters. The zero-order valence-electron chi connectivity index (χ0n) is 19.5. The van der Waals surface area contributed by atoms with Crippen molar-refractivity contribution in [1.82, 2.24) is 5.32 Å². The van der Waals surface area contributed by atoms with Crippen molar-refractivity contribution in [2.24, 2.45) is 0 Å². The lowest BCUT2D eigenvalue weighted by Crippen LogP contribution is -2.11. The maximum absolute atomic E-state index is 10.9. The van der Waals surface area contributed by atoms with Crippen molar-refractivity contribution in [3.63, 3.8) is 0 Å². The van der Waals surface area contributed by atoms with Crippen molar-refractivity contribution < 1.29 is 28.8 Å². The molecule has 31 heavy (non-hydrogen) atoms. The number of hydrogen-bond acceptors (Lipinski definition) is 7. The largest absolute Gasteiger partial charge is 0.494 e. The SMILES string of the molecule is CNC(C)c1ccc(OCCCCCCOCCOOCCCCCC(=O)OC)cc1. The van der Waals surface area contributed by atoms with Gasteiger partial charge in [-0.15, -0.1) is 0 Å². The molecule has 1 aromatic carbocycles. The van der Waals surface area contributed by atoms with Crippen LogP contribution in [0.3, 0.4) is 0 Å². The molecule has 0 fully saturated rings. The maximum atomic E-state index is 10.9. The molecule has 7 heteroatoms. The number of carbonyl (C=O) groups excluding carboxylic acids is 1. The molecule has 0 aliphatic rings. The van der Waals surface area contributed by atoms with Gasteiger partial charge in [-0.1, -0.05) is 25.0 Å². The van der Waals surface area contributed by atoms with E-state index in [0.717, 1.165) is 63.9 Å². The highest BCUT2D eigenvalue weighted by Gasteiger charge is 2.02. The van der Waals surface area contributed by atoms with Gasteiger partial charge in [0.05, 0.1) is 26.9 Å². The van der Waals surface area contributed by atoms with Crippen LogP contribution in [-0.2, 0) is 24.0 Å². The van der Waals surface area contributed by atoms with Crippen LogP contribution in [0.15, 0.2) is 24.3 Å². The topological polar surface area (TPSA) is 75.3 Å². The first kappa shape index (κ1) is 27.4. The number of rotatable bonds is 20. The molecule has 0 heterocycles. The second-order valence-corrected chi connectivity index (χ2v) is 7.49. The fourth-order valence-electron chi connectivity index (χ4n) is 2.89. The molecule has 1 aromatic rings. The van der Waals surface area contributed by atoms with E-state index in [4.69, 9.17) is 19.2 Å². The van der Waals surface area contributed by atoms with E-state index in [-0.39, 0.29) is 5.97 Å². The van der Waals surface area contributed by atoms with Gasteiger partial charge in [0, 0.05) is 19.1 Å². The zero-order valence-corrected chi connectivity index (χ0v) is 19.5. The molecule has 0 aromatic heterocycles. The molecular weight excluding hydrogens is 398 g/mol. The molecule has 1 N–H and O–H groups in total. The van der Waals surface area contributed by atoms with Gasteiger partial charge in [0.2, 0.25) is 0 Å². The summed E-state index contributed by atoms with van der Waals surface area (Å²) in [4.78, 5) is 21.1. The van der Waals surface area contributed by atoms with Crippen molar-refractivity contribution in [1.29, 1.82) is 0 Å². The van der Waals surface area contributed by atoms with Gasteiger partial charge >= 0.3 is 5.97 Å². The van der Waals surface area contributed by atoms with E-state index in [9.17, 15) is 4.79 Å². The number of carbonyl (C=O) groups is 1. The lowest BCUT2D eigenvalue weighted by Gasteiger charge is -2.11. The third kappa shape index (κ3) is 14.9. The van der Waals surface area contributed by atoms with E-state index >= 15 is 0 Å². The average molecular weight is 440 g/mol. The first-order chi connectivity index (χ1) is 15.2. The number of nitrogens with one attached hydrogen (secondary N) is 1. The van der Waals surface area contributed by atoms with Gasteiger partial charge in [-0.2, -0.15) is 0 Å². The summed E-state index contributed by atoms with van der Waals surface area (Å²) in [6, 6.07) is 8.64. The number of methoxy groups -OCH3 is 1. The Balaban J connectivity index is 1.80. The molecule has 0 amide bonds. The Morgan fingerprint density at radius 3 is 2.19 bits per heavy atom. The van der Waals surface area contributed by atoms with Crippen LogP contribution in [0.1, 0.15) is 69.9 Å². The summed E-state index contributed by atoms with van der Waals surface area (Å²) >= 11 is 0. The number of benzene rings is 1. The number of hydrogen-bond donors (Lipinski definition) is 1. The van der Waals surface area contributed by atoms with Gasteiger partial charge < -0.3 is 19.5 Å². The van der Waals surface area contributed by atoms with Gasteiger partial charge in [-0.25, -0.2) is 9.78 Å². The van der Waals surface area contributed by atoms with Gasteiger partial charge in [-0.05, 0) is 63.8 Å². The van der Waals surface area contributed by atoms with Crippen LogP contribution in [0.2, 0.25) is 0 Å². The summed E-state index contributed by atoms with van der Waals surface area (Å²) in [5.74, 6) is 0.766. The van der Waals surface area contributed by atoms with Crippen LogP contribution < -0.4 is 10.1 Å².